The van der Waals surface area contributed by atoms with Crippen LogP contribution in [0.25, 0.3) is 0 Å². The van der Waals surface area contributed by atoms with E-state index in [9.17, 15) is 9.59 Å². The lowest BCUT2D eigenvalue weighted by molar-refractivity contribution is -0.138. The Kier molecular flexibility index (Phi) is 5.20. The predicted molar refractivity (Wildman–Crippen MR) is 82.9 cm³/mol. The average molecular weight is 289 g/mol. The van der Waals surface area contributed by atoms with Crippen molar-refractivity contribution in [2.45, 2.75) is 12.8 Å². The first-order valence-corrected chi connectivity index (χ1v) is 7.36. The Hall–Kier alpha value is -2.04. The molecule has 0 unspecified atom stereocenters. The van der Waals surface area contributed by atoms with Gasteiger partial charge in [0.2, 0.25) is 11.8 Å². The van der Waals surface area contributed by atoms with Gasteiger partial charge in [0.15, 0.2) is 0 Å². The Morgan fingerprint density at radius 1 is 1.19 bits per heavy atom. The molecular weight excluding hydrogens is 266 g/mol. The van der Waals surface area contributed by atoms with Gasteiger partial charge in [0.1, 0.15) is 0 Å². The van der Waals surface area contributed by atoms with Gasteiger partial charge in [0.25, 0.3) is 0 Å². The van der Waals surface area contributed by atoms with E-state index < -0.39 is 0 Å². The van der Waals surface area contributed by atoms with Gasteiger partial charge in [-0.25, -0.2) is 0 Å². The molecule has 114 valence electrons. The number of anilines is 1. The maximum absolute atomic E-state index is 12.1. The summed E-state index contributed by atoms with van der Waals surface area (Å²) in [6, 6.07) is 9.69. The molecule has 0 aromatic heterocycles. The van der Waals surface area contributed by atoms with Crippen molar-refractivity contribution in [1.82, 2.24) is 9.80 Å². The van der Waals surface area contributed by atoms with E-state index in [1.54, 1.807) is 19.0 Å². The van der Waals surface area contributed by atoms with Crippen LogP contribution in [-0.4, -0.2) is 55.3 Å². The molecule has 1 aliphatic heterocycles. The molecule has 0 saturated carbocycles. The Morgan fingerprint density at radius 2 is 1.81 bits per heavy atom. The van der Waals surface area contributed by atoms with Crippen LogP contribution in [0.15, 0.2) is 30.3 Å². The Labute approximate surface area is 125 Å². The third-order valence-corrected chi connectivity index (χ3v) is 3.86. The standard InChI is InChI=1S/C16H23N3O2/c1-18(2)16(21)13-8-10-19(11-9-13)15(20)12-17-14-6-4-3-5-7-14/h3-7,13,17H,8-12H2,1-2H3. The van der Waals surface area contributed by atoms with Crippen LogP contribution < -0.4 is 5.32 Å². The largest absolute Gasteiger partial charge is 0.376 e. The van der Waals surface area contributed by atoms with Crippen molar-refractivity contribution in [3.8, 4) is 0 Å². The molecule has 1 heterocycles. The molecule has 0 atom stereocenters. The second-order valence-electron chi connectivity index (χ2n) is 5.61. The number of piperidine rings is 1. The molecule has 1 N–H and O–H groups in total. The number of carbonyl (C=O) groups excluding carboxylic acids is 2. The molecule has 0 radical (unpaired) electrons. The van der Waals surface area contributed by atoms with Crippen LogP contribution in [-0.2, 0) is 9.59 Å². The summed E-state index contributed by atoms with van der Waals surface area (Å²) in [5.74, 6) is 0.324. The van der Waals surface area contributed by atoms with Crippen molar-refractivity contribution in [3.63, 3.8) is 0 Å². The lowest BCUT2D eigenvalue weighted by Gasteiger charge is -2.32. The van der Waals surface area contributed by atoms with Crippen LogP contribution in [0.4, 0.5) is 5.69 Å². The van der Waals surface area contributed by atoms with E-state index in [4.69, 9.17) is 0 Å². The number of benzene rings is 1. The lowest BCUT2D eigenvalue weighted by atomic mass is 9.95. The third kappa shape index (κ3) is 4.21. The summed E-state index contributed by atoms with van der Waals surface area (Å²) in [4.78, 5) is 27.5. The minimum Gasteiger partial charge on any atom is -0.376 e. The number of nitrogens with zero attached hydrogens (tertiary/aromatic N) is 2. The van der Waals surface area contributed by atoms with Gasteiger partial charge in [-0.2, -0.15) is 0 Å². The van der Waals surface area contributed by atoms with E-state index in [2.05, 4.69) is 5.32 Å². The Morgan fingerprint density at radius 3 is 2.38 bits per heavy atom. The van der Waals surface area contributed by atoms with Crippen LogP contribution in [0.3, 0.4) is 0 Å². The van der Waals surface area contributed by atoms with Gasteiger partial charge < -0.3 is 15.1 Å². The molecule has 1 fully saturated rings. The number of hydrogen-bond acceptors (Lipinski definition) is 3. The highest BCUT2D eigenvalue weighted by molar-refractivity contribution is 5.82. The van der Waals surface area contributed by atoms with Crippen LogP contribution >= 0.6 is 0 Å². The lowest BCUT2D eigenvalue weighted by Crippen LogP contribution is -2.44. The van der Waals surface area contributed by atoms with Crippen LogP contribution in [0.2, 0.25) is 0 Å². The van der Waals surface area contributed by atoms with E-state index in [1.807, 2.05) is 35.2 Å². The Balaban J connectivity index is 1.77. The first kappa shape index (κ1) is 15.4. The summed E-state index contributed by atoms with van der Waals surface area (Å²) >= 11 is 0. The van der Waals surface area contributed by atoms with Gasteiger partial charge in [0, 0.05) is 38.8 Å². The molecule has 0 aliphatic carbocycles. The molecular formula is C16H23N3O2. The molecule has 1 aliphatic rings. The molecule has 5 heteroatoms. The van der Waals surface area contributed by atoms with Crippen molar-refractivity contribution >= 4 is 17.5 Å². The number of nitrogens with one attached hydrogen (secondary N) is 1. The summed E-state index contributed by atoms with van der Waals surface area (Å²) < 4.78 is 0. The first-order valence-electron chi connectivity index (χ1n) is 7.36. The Bertz CT molecular complexity index is 480. The fourth-order valence-electron chi connectivity index (χ4n) is 2.59. The molecule has 5 nitrogen and oxygen atoms in total. The predicted octanol–water partition coefficient (Wildman–Crippen LogP) is 1.43. The quantitative estimate of drug-likeness (QED) is 0.912. The number of carbonyl (C=O) groups is 2. The monoisotopic (exact) mass is 289 g/mol. The second kappa shape index (κ2) is 7.11. The van der Waals surface area contributed by atoms with Crippen molar-refractivity contribution < 1.29 is 9.59 Å². The average Bonchev–Trinajstić information content (AvgIpc) is 2.53. The highest BCUT2D eigenvalue weighted by Gasteiger charge is 2.27. The topological polar surface area (TPSA) is 52.7 Å². The number of likely N-dealkylation sites (tertiary alicyclic amines) is 1. The van der Waals surface area contributed by atoms with Gasteiger partial charge in [-0.3, -0.25) is 9.59 Å². The van der Waals surface area contributed by atoms with Gasteiger partial charge in [0.05, 0.1) is 6.54 Å². The van der Waals surface area contributed by atoms with Crippen LogP contribution in [0.5, 0.6) is 0 Å². The minimum atomic E-state index is 0.0612. The van der Waals surface area contributed by atoms with E-state index in [-0.39, 0.29) is 17.7 Å². The first-order chi connectivity index (χ1) is 10.1. The number of hydrogen-bond donors (Lipinski definition) is 1. The van der Waals surface area contributed by atoms with Gasteiger partial charge >= 0.3 is 0 Å². The van der Waals surface area contributed by atoms with E-state index in [0.717, 1.165) is 18.5 Å². The van der Waals surface area contributed by atoms with Crippen molar-refractivity contribution in [2.75, 3.05) is 39.0 Å². The smallest absolute Gasteiger partial charge is 0.241 e. The van der Waals surface area contributed by atoms with E-state index in [0.29, 0.717) is 19.6 Å². The molecule has 0 bridgehead atoms. The third-order valence-electron chi connectivity index (χ3n) is 3.86. The second-order valence-corrected chi connectivity index (χ2v) is 5.61. The molecule has 1 saturated heterocycles. The fraction of sp³-hybridized carbons (Fsp3) is 0.500. The fourth-order valence-corrected chi connectivity index (χ4v) is 2.59. The molecule has 2 rings (SSSR count). The minimum absolute atomic E-state index is 0.0612. The van der Waals surface area contributed by atoms with E-state index >= 15 is 0 Å². The van der Waals surface area contributed by atoms with Gasteiger partial charge in [-0.05, 0) is 25.0 Å². The summed E-state index contributed by atoms with van der Waals surface area (Å²) in [6.45, 7) is 1.63. The molecule has 1 aromatic rings. The zero-order chi connectivity index (χ0) is 15.2. The molecule has 1 aromatic carbocycles. The number of amides is 2. The summed E-state index contributed by atoms with van der Waals surface area (Å²) in [6.07, 6.45) is 1.52. The normalized spacial score (nSPS) is 15.6. The SMILES string of the molecule is CN(C)C(=O)C1CCN(C(=O)CNc2ccccc2)CC1. The maximum atomic E-state index is 12.1. The van der Waals surface area contributed by atoms with Gasteiger partial charge in [-0.15, -0.1) is 0 Å². The molecule has 21 heavy (non-hydrogen) atoms. The summed E-state index contributed by atoms with van der Waals surface area (Å²) in [5, 5.41) is 3.13. The highest BCUT2D eigenvalue weighted by Crippen LogP contribution is 2.19. The van der Waals surface area contributed by atoms with Crippen molar-refractivity contribution in [1.29, 1.82) is 0 Å². The zero-order valence-electron chi connectivity index (χ0n) is 12.7. The van der Waals surface area contributed by atoms with Crippen molar-refractivity contribution in [2.24, 2.45) is 5.92 Å². The van der Waals surface area contributed by atoms with Crippen molar-refractivity contribution in [3.05, 3.63) is 30.3 Å². The number of rotatable bonds is 4. The zero-order valence-corrected chi connectivity index (χ0v) is 12.7. The summed E-state index contributed by atoms with van der Waals surface area (Å²) in [5.41, 5.74) is 0.948. The molecule has 0 spiro atoms. The summed E-state index contributed by atoms with van der Waals surface area (Å²) in [7, 11) is 3.56. The van der Waals surface area contributed by atoms with Gasteiger partial charge in [-0.1, -0.05) is 18.2 Å². The van der Waals surface area contributed by atoms with Crippen LogP contribution in [0, 0.1) is 5.92 Å². The van der Waals surface area contributed by atoms with Crippen LogP contribution in [0.1, 0.15) is 12.8 Å². The van der Waals surface area contributed by atoms with E-state index in [1.165, 1.54) is 0 Å². The highest BCUT2D eigenvalue weighted by atomic mass is 16.2. The maximum Gasteiger partial charge on any atom is 0.241 e. The number of para-hydroxylation sites is 1. The molecule has 2 amide bonds.